The molecule has 5 heteroatoms. The first-order chi connectivity index (χ1) is 8.16. The lowest BCUT2D eigenvalue weighted by Crippen LogP contribution is -2.09. The van der Waals surface area contributed by atoms with Gasteiger partial charge in [0, 0.05) is 19.8 Å². The second-order valence-electron chi connectivity index (χ2n) is 3.88. The highest BCUT2D eigenvalue weighted by molar-refractivity contribution is 6.33. The summed E-state index contributed by atoms with van der Waals surface area (Å²) in [5.41, 5.74) is 1.95. The van der Waals surface area contributed by atoms with Crippen LogP contribution >= 0.6 is 11.6 Å². The largest absolute Gasteiger partial charge is 0.447 e. The molecule has 1 aromatic carbocycles. The van der Waals surface area contributed by atoms with E-state index in [-0.39, 0.29) is 0 Å². The van der Waals surface area contributed by atoms with Gasteiger partial charge in [0.2, 0.25) is 0 Å². The lowest BCUT2D eigenvalue weighted by atomic mass is 10.2. The Kier molecular flexibility index (Phi) is 3.54. The van der Waals surface area contributed by atoms with E-state index in [4.69, 9.17) is 16.0 Å². The lowest BCUT2D eigenvalue weighted by Gasteiger charge is -2.15. The number of halogens is 1. The molecule has 0 saturated carbocycles. The van der Waals surface area contributed by atoms with Crippen LogP contribution in [-0.2, 0) is 6.54 Å². The van der Waals surface area contributed by atoms with Gasteiger partial charge in [-0.3, -0.25) is 0 Å². The van der Waals surface area contributed by atoms with E-state index < -0.39 is 0 Å². The molecule has 4 nitrogen and oxygen atoms in total. The van der Waals surface area contributed by atoms with E-state index in [1.54, 1.807) is 6.20 Å². The third kappa shape index (κ3) is 2.91. The van der Waals surface area contributed by atoms with Crippen LogP contribution in [0.4, 0.5) is 11.4 Å². The first kappa shape index (κ1) is 11.8. The summed E-state index contributed by atoms with van der Waals surface area (Å²) in [7, 11) is 3.92. The summed E-state index contributed by atoms with van der Waals surface area (Å²) in [5.74, 6) is 0.790. The number of aromatic nitrogens is 1. The minimum Gasteiger partial charge on any atom is -0.447 e. The van der Waals surface area contributed by atoms with Gasteiger partial charge < -0.3 is 14.6 Å². The summed E-state index contributed by atoms with van der Waals surface area (Å²) in [5, 5.41) is 3.94. The smallest absolute Gasteiger partial charge is 0.180 e. The van der Waals surface area contributed by atoms with E-state index >= 15 is 0 Å². The maximum atomic E-state index is 6.17. The van der Waals surface area contributed by atoms with Gasteiger partial charge in [-0.1, -0.05) is 11.6 Å². The highest BCUT2D eigenvalue weighted by Crippen LogP contribution is 2.27. The van der Waals surface area contributed by atoms with Gasteiger partial charge in [0.25, 0.3) is 0 Å². The van der Waals surface area contributed by atoms with Crippen LogP contribution in [0.3, 0.4) is 0 Å². The maximum Gasteiger partial charge on any atom is 0.180 e. The van der Waals surface area contributed by atoms with Gasteiger partial charge in [0.15, 0.2) is 6.39 Å². The topological polar surface area (TPSA) is 41.3 Å². The molecule has 0 unspecified atom stereocenters. The Labute approximate surface area is 105 Å². The van der Waals surface area contributed by atoms with Gasteiger partial charge in [-0.2, -0.15) is 0 Å². The second-order valence-corrected chi connectivity index (χ2v) is 4.29. The standard InChI is InChI=1S/C12H14ClN3O/c1-16(2)12-4-3-9(5-11(12)13)15-7-10-6-14-8-17-10/h3-6,8,15H,7H2,1-2H3. The number of nitrogens with zero attached hydrogens (tertiary/aromatic N) is 2. The molecule has 0 saturated heterocycles. The van der Waals surface area contributed by atoms with Crippen LogP contribution in [0.25, 0.3) is 0 Å². The Balaban J connectivity index is 2.05. The Hall–Kier alpha value is -1.68. The molecule has 0 aliphatic carbocycles. The van der Waals surface area contributed by atoms with E-state index in [0.717, 1.165) is 22.2 Å². The van der Waals surface area contributed by atoms with Crippen LogP contribution in [0.2, 0.25) is 5.02 Å². The third-order valence-electron chi connectivity index (χ3n) is 2.38. The van der Waals surface area contributed by atoms with E-state index in [9.17, 15) is 0 Å². The van der Waals surface area contributed by atoms with Crippen LogP contribution in [0.15, 0.2) is 35.2 Å². The zero-order chi connectivity index (χ0) is 12.3. The molecule has 0 fully saturated rings. The molecular formula is C12H14ClN3O. The van der Waals surface area contributed by atoms with Crippen molar-refractivity contribution in [3.63, 3.8) is 0 Å². The molecule has 0 radical (unpaired) electrons. The molecule has 0 aliphatic heterocycles. The van der Waals surface area contributed by atoms with Gasteiger partial charge >= 0.3 is 0 Å². The highest BCUT2D eigenvalue weighted by Gasteiger charge is 2.04. The molecule has 1 N–H and O–H groups in total. The summed E-state index contributed by atoms with van der Waals surface area (Å²) in [6, 6.07) is 5.86. The maximum absolute atomic E-state index is 6.17. The monoisotopic (exact) mass is 251 g/mol. The SMILES string of the molecule is CN(C)c1ccc(NCc2cnco2)cc1Cl. The van der Waals surface area contributed by atoms with Crippen molar-refractivity contribution >= 4 is 23.0 Å². The number of benzene rings is 1. The summed E-state index contributed by atoms with van der Waals surface area (Å²) in [4.78, 5) is 5.82. The molecule has 0 amide bonds. The van der Waals surface area contributed by atoms with Crippen molar-refractivity contribution in [3.8, 4) is 0 Å². The lowest BCUT2D eigenvalue weighted by molar-refractivity contribution is 0.512. The van der Waals surface area contributed by atoms with Crippen LogP contribution in [-0.4, -0.2) is 19.1 Å². The molecule has 0 atom stereocenters. The van der Waals surface area contributed by atoms with Crippen molar-refractivity contribution in [2.75, 3.05) is 24.3 Å². The van der Waals surface area contributed by atoms with Crippen molar-refractivity contribution in [2.45, 2.75) is 6.54 Å². The van der Waals surface area contributed by atoms with Crippen molar-refractivity contribution in [1.82, 2.24) is 4.98 Å². The molecule has 17 heavy (non-hydrogen) atoms. The van der Waals surface area contributed by atoms with Crippen LogP contribution in [0.1, 0.15) is 5.76 Å². The zero-order valence-electron chi connectivity index (χ0n) is 9.77. The zero-order valence-corrected chi connectivity index (χ0v) is 10.5. The number of anilines is 2. The van der Waals surface area contributed by atoms with Crippen LogP contribution < -0.4 is 10.2 Å². The number of hydrogen-bond donors (Lipinski definition) is 1. The Morgan fingerprint density at radius 3 is 2.82 bits per heavy atom. The van der Waals surface area contributed by atoms with Gasteiger partial charge in [0.05, 0.1) is 23.5 Å². The summed E-state index contributed by atoms with van der Waals surface area (Å²) < 4.78 is 5.13. The van der Waals surface area contributed by atoms with E-state index in [1.807, 2.05) is 37.2 Å². The van der Waals surface area contributed by atoms with Crippen LogP contribution in [0.5, 0.6) is 0 Å². The predicted octanol–water partition coefficient (Wildman–Crippen LogP) is 3.01. The first-order valence-electron chi connectivity index (χ1n) is 5.25. The van der Waals surface area contributed by atoms with Crippen molar-refractivity contribution in [2.24, 2.45) is 0 Å². The number of rotatable bonds is 4. The Bertz CT molecular complexity index is 483. The van der Waals surface area contributed by atoms with Crippen molar-refractivity contribution < 1.29 is 4.42 Å². The fourth-order valence-electron chi connectivity index (χ4n) is 1.50. The number of nitrogens with one attached hydrogen (secondary N) is 1. The van der Waals surface area contributed by atoms with E-state index in [0.29, 0.717) is 6.54 Å². The Morgan fingerprint density at radius 2 is 2.24 bits per heavy atom. The second kappa shape index (κ2) is 5.10. The minimum absolute atomic E-state index is 0.595. The fraction of sp³-hybridized carbons (Fsp3) is 0.250. The van der Waals surface area contributed by atoms with E-state index in [2.05, 4.69) is 10.3 Å². The number of hydrogen-bond acceptors (Lipinski definition) is 4. The number of oxazole rings is 1. The highest BCUT2D eigenvalue weighted by atomic mass is 35.5. The molecule has 0 bridgehead atoms. The van der Waals surface area contributed by atoms with Crippen molar-refractivity contribution in [3.05, 3.63) is 41.6 Å². The van der Waals surface area contributed by atoms with Gasteiger partial charge in [-0.25, -0.2) is 4.98 Å². The average molecular weight is 252 g/mol. The molecule has 1 heterocycles. The summed E-state index contributed by atoms with van der Waals surface area (Å²) in [6.07, 6.45) is 3.10. The van der Waals surface area contributed by atoms with Crippen molar-refractivity contribution in [1.29, 1.82) is 0 Å². The normalized spacial score (nSPS) is 10.3. The quantitative estimate of drug-likeness (QED) is 0.907. The molecule has 2 rings (SSSR count). The molecule has 0 aliphatic rings. The first-order valence-corrected chi connectivity index (χ1v) is 5.63. The fourth-order valence-corrected chi connectivity index (χ4v) is 1.85. The predicted molar refractivity (Wildman–Crippen MR) is 69.6 cm³/mol. The van der Waals surface area contributed by atoms with Gasteiger partial charge in [0.1, 0.15) is 5.76 Å². The third-order valence-corrected chi connectivity index (χ3v) is 2.68. The average Bonchev–Trinajstić information content (AvgIpc) is 2.78. The van der Waals surface area contributed by atoms with Gasteiger partial charge in [-0.05, 0) is 18.2 Å². The van der Waals surface area contributed by atoms with Crippen LogP contribution in [0, 0.1) is 0 Å². The molecule has 90 valence electrons. The summed E-state index contributed by atoms with van der Waals surface area (Å²) in [6.45, 7) is 0.595. The molecule has 1 aromatic heterocycles. The molecule has 0 spiro atoms. The molecular weight excluding hydrogens is 238 g/mol. The van der Waals surface area contributed by atoms with E-state index in [1.165, 1.54) is 6.39 Å². The van der Waals surface area contributed by atoms with Gasteiger partial charge in [-0.15, -0.1) is 0 Å². The Morgan fingerprint density at radius 1 is 1.41 bits per heavy atom. The summed E-state index contributed by atoms with van der Waals surface area (Å²) >= 11 is 6.17. The molecule has 2 aromatic rings. The minimum atomic E-state index is 0.595.